The zero-order chi connectivity index (χ0) is 15.7. The minimum Gasteiger partial charge on any atom is -0.289 e. The van der Waals surface area contributed by atoms with E-state index in [9.17, 15) is 4.79 Å². The molecule has 0 aliphatic carbocycles. The van der Waals surface area contributed by atoms with E-state index in [-0.39, 0.29) is 5.69 Å². The van der Waals surface area contributed by atoms with Gasteiger partial charge in [-0.05, 0) is 23.8 Å². The first kappa shape index (κ1) is 14.8. The number of hydrazine groups is 1. The summed E-state index contributed by atoms with van der Waals surface area (Å²) >= 11 is 12.1. The molecule has 0 fully saturated rings. The Morgan fingerprint density at radius 2 is 2.14 bits per heavy atom. The van der Waals surface area contributed by atoms with Crippen LogP contribution in [-0.4, -0.2) is 20.7 Å². The molecule has 3 rings (SSSR count). The number of hydrogen-bond acceptors (Lipinski definition) is 4. The average molecular weight is 336 g/mol. The fourth-order valence-electron chi connectivity index (χ4n) is 2.19. The lowest BCUT2D eigenvalue weighted by Gasteiger charge is -2.06. The van der Waals surface area contributed by atoms with E-state index in [2.05, 4.69) is 15.5 Å². The third-order valence-corrected chi connectivity index (χ3v) is 3.82. The van der Waals surface area contributed by atoms with Gasteiger partial charge in [-0.1, -0.05) is 29.3 Å². The molecule has 3 N–H and O–H groups in total. The van der Waals surface area contributed by atoms with Gasteiger partial charge < -0.3 is 0 Å². The first-order valence-corrected chi connectivity index (χ1v) is 7.11. The number of nitrogen functional groups attached to an aromatic ring is 1. The number of amides is 1. The maximum atomic E-state index is 11.8. The van der Waals surface area contributed by atoms with Crippen molar-refractivity contribution in [1.82, 2.24) is 20.2 Å². The van der Waals surface area contributed by atoms with Gasteiger partial charge in [0.25, 0.3) is 5.91 Å². The number of carbonyl (C=O) groups excluding carboxylic acids is 1. The fraction of sp³-hybridized carbons (Fsp3) is 0.0714. The van der Waals surface area contributed by atoms with Crippen molar-refractivity contribution < 1.29 is 4.79 Å². The van der Waals surface area contributed by atoms with Crippen LogP contribution in [-0.2, 0) is 6.54 Å². The highest BCUT2D eigenvalue weighted by molar-refractivity contribution is 6.35. The number of nitrogens with zero attached hydrogens (tertiary/aromatic N) is 3. The molecule has 0 spiro atoms. The predicted molar refractivity (Wildman–Crippen MR) is 84.7 cm³/mol. The number of pyridine rings is 1. The first-order chi connectivity index (χ1) is 10.6. The number of hydrogen-bond donors (Lipinski definition) is 2. The van der Waals surface area contributed by atoms with Crippen LogP contribution in [0.5, 0.6) is 0 Å². The molecule has 2 aromatic heterocycles. The predicted octanol–water partition coefficient (Wildman–Crippen LogP) is 2.39. The van der Waals surface area contributed by atoms with Crippen molar-refractivity contribution in [3.63, 3.8) is 0 Å². The molecular formula is C14H11Cl2N5O. The Hall–Kier alpha value is -2.15. The number of aromatic nitrogens is 3. The van der Waals surface area contributed by atoms with Gasteiger partial charge in [0, 0.05) is 21.6 Å². The quantitative estimate of drug-likeness (QED) is 0.437. The van der Waals surface area contributed by atoms with Crippen molar-refractivity contribution in [1.29, 1.82) is 0 Å². The molecule has 0 saturated carbocycles. The molecule has 0 radical (unpaired) electrons. The molecule has 2 heterocycles. The van der Waals surface area contributed by atoms with Gasteiger partial charge in [-0.15, -0.1) is 0 Å². The second-order valence-corrected chi connectivity index (χ2v) is 5.45. The highest BCUT2D eigenvalue weighted by Crippen LogP contribution is 2.24. The van der Waals surface area contributed by atoms with E-state index in [1.54, 1.807) is 35.3 Å². The van der Waals surface area contributed by atoms with Crippen LogP contribution >= 0.6 is 23.2 Å². The van der Waals surface area contributed by atoms with E-state index in [4.69, 9.17) is 29.0 Å². The maximum absolute atomic E-state index is 11.8. The zero-order valence-corrected chi connectivity index (χ0v) is 12.8. The number of rotatable bonds is 3. The van der Waals surface area contributed by atoms with E-state index in [1.165, 1.54) is 0 Å². The summed E-state index contributed by atoms with van der Waals surface area (Å²) in [6.45, 7) is 0.385. The molecule has 0 aliphatic heterocycles. The molecule has 3 aromatic rings. The van der Waals surface area contributed by atoms with E-state index >= 15 is 0 Å². The summed E-state index contributed by atoms with van der Waals surface area (Å²) in [6, 6.07) is 6.94. The highest BCUT2D eigenvalue weighted by atomic mass is 35.5. The molecule has 0 aliphatic rings. The summed E-state index contributed by atoms with van der Waals surface area (Å²) in [6.07, 6.45) is 3.23. The molecule has 0 unspecified atom stereocenters. The fourth-order valence-corrected chi connectivity index (χ4v) is 2.66. The van der Waals surface area contributed by atoms with E-state index in [0.717, 1.165) is 5.56 Å². The van der Waals surface area contributed by atoms with Gasteiger partial charge >= 0.3 is 0 Å². The van der Waals surface area contributed by atoms with Crippen molar-refractivity contribution >= 4 is 40.0 Å². The van der Waals surface area contributed by atoms with Crippen molar-refractivity contribution in [2.45, 2.75) is 6.54 Å². The minimum absolute atomic E-state index is 0.241. The van der Waals surface area contributed by atoms with Crippen LogP contribution in [0.1, 0.15) is 16.1 Å². The Morgan fingerprint density at radius 1 is 1.32 bits per heavy atom. The number of carbonyl (C=O) groups is 1. The van der Waals surface area contributed by atoms with Gasteiger partial charge in [-0.2, -0.15) is 5.10 Å². The van der Waals surface area contributed by atoms with Crippen LogP contribution in [0.25, 0.3) is 10.9 Å². The summed E-state index contributed by atoms with van der Waals surface area (Å²) < 4.78 is 1.65. The molecule has 112 valence electrons. The molecule has 0 bridgehead atoms. The lowest BCUT2D eigenvalue weighted by Crippen LogP contribution is -2.30. The van der Waals surface area contributed by atoms with Crippen LogP contribution in [0, 0.1) is 0 Å². The van der Waals surface area contributed by atoms with Crippen molar-refractivity contribution in [3.05, 3.63) is 58.0 Å². The van der Waals surface area contributed by atoms with E-state index in [1.807, 2.05) is 6.07 Å². The number of halogens is 2. The number of fused-ring (bicyclic) bond motifs is 1. The first-order valence-electron chi connectivity index (χ1n) is 6.35. The van der Waals surface area contributed by atoms with Crippen LogP contribution in [0.15, 0.2) is 36.7 Å². The van der Waals surface area contributed by atoms with Crippen molar-refractivity contribution in [2.24, 2.45) is 5.84 Å². The SMILES string of the molecule is NNC(=O)c1nn(Cc2ccc(Cl)cc2Cl)c2cnccc12. The van der Waals surface area contributed by atoms with Gasteiger partial charge in [0.2, 0.25) is 0 Å². The second-order valence-electron chi connectivity index (χ2n) is 4.61. The molecular weight excluding hydrogens is 325 g/mol. The number of nitrogens with one attached hydrogen (secondary N) is 1. The molecule has 22 heavy (non-hydrogen) atoms. The van der Waals surface area contributed by atoms with E-state index in [0.29, 0.717) is 27.5 Å². The summed E-state index contributed by atoms with van der Waals surface area (Å²) in [5.74, 6) is 4.74. The van der Waals surface area contributed by atoms with Gasteiger partial charge in [0.1, 0.15) is 0 Å². The van der Waals surface area contributed by atoms with Gasteiger partial charge in [-0.25, -0.2) is 5.84 Å². The lowest BCUT2D eigenvalue weighted by molar-refractivity contribution is 0.0949. The molecule has 1 amide bonds. The van der Waals surface area contributed by atoms with Gasteiger partial charge in [0.15, 0.2) is 5.69 Å². The van der Waals surface area contributed by atoms with E-state index < -0.39 is 5.91 Å². The normalized spacial score (nSPS) is 10.9. The maximum Gasteiger partial charge on any atom is 0.286 e. The highest BCUT2D eigenvalue weighted by Gasteiger charge is 2.17. The molecule has 0 atom stereocenters. The van der Waals surface area contributed by atoms with Crippen molar-refractivity contribution in [3.8, 4) is 0 Å². The second kappa shape index (κ2) is 5.92. The Kier molecular flexibility index (Phi) is 3.98. The summed E-state index contributed by atoms with van der Waals surface area (Å²) in [5.41, 5.74) is 3.88. The molecule has 8 heteroatoms. The third kappa shape index (κ3) is 2.64. The summed E-state index contributed by atoms with van der Waals surface area (Å²) in [7, 11) is 0. The van der Waals surface area contributed by atoms with Gasteiger partial charge in [0.05, 0.1) is 18.3 Å². The Morgan fingerprint density at radius 3 is 2.86 bits per heavy atom. The average Bonchev–Trinajstić information content (AvgIpc) is 2.88. The third-order valence-electron chi connectivity index (χ3n) is 3.24. The molecule has 1 aromatic carbocycles. The summed E-state index contributed by atoms with van der Waals surface area (Å²) in [4.78, 5) is 15.9. The van der Waals surface area contributed by atoms with Gasteiger partial charge in [-0.3, -0.25) is 19.9 Å². The monoisotopic (exact) mass is 335 g/mol. The number of benzene rings is 1. The topological polar surface area (TPSA) is 85.8 Å². The van der Waals surface area contributed by atoms with Crippen molar-refractivity contribution in [2.75, 3.05) is 0 Å². The zero-order valence-electron chi connectivity index (χ0n) is 11.3. The molecule has 0 saturated heterocycles. The van der Waals surface area contributed by atoms with Crippen LogP contribution in [0.2, 0.25) is 10.0 Å². The smallest absolute Gasteiger partial charge is 0.286 e. The molecule has 6 nitrogen and oxygen atoms in total. The van der Waals surface area contributed by atoms with Crippen LogP contribution < -0.4 is 11.3 Å². The largest absolute Gasteiger partial charge is 0.289 e. The van der Waals surface area contributed by atoms with Crippen LogP contribution in [0.4, 0.5) is 0 Å². The standard InChI is InChI=1S/C14H11Cl2N5O/c15-9-2-1-8(11(16)5-9)7-21-12-6-18-4-3-10(12)13(20-21)14(22)19-17/h1-6H,7,17H2,(H,19,22). The Labute approximate surface area is 135 Å². The Balaban J connectivity index is 2.09. The minimum atomic E-state index is -0.461. The number of nitrogens with two attached hydrogens (primary N) is 1. The lowest BCUT2D eigenvalue weighted by atomic mass is 10.2. The summed E-state index contributed by atoms with van der Waals surface area (Å²) in [5, 5.41) is 6.07. The van der Waals surface area contributed by atoms with Crippen LogP contribution in [0.3, 0.4) is 0 Å². The Bertz CT molecular complexity index is 862.